The minimum atomic E-state index is -3.78. The van der Waals surface area contributed by atoms with Gasteiger partial charge in [0.05, 0.1) is 5.69 Å². The van der Waals surface area contributed by atoms with Crippen LogP contribution in [0.3, 0.4) is 0 Å². The highest BCUT2D eigenvalue weighted by Gasteiger charge is 2.20. The minimum absolute atomic E-state index is 0.0257. The van der Waals surface area contributed by atoms with Crippen molar-refractivity contribution in [3.63, 3.8) is 0 Å². The quantitative estimate of drug-likeness (QED) is 0.686. The molecule has 0 aromatic carbocycles. The van der Waals surface area contributed by atoms with Crippen molar-refractivity contribution in [2.24, 2.45) is 0 Å². The molecule has 0 bridgehead atoms. The van der Waals surface area contributed by atoms with Crippen LogP contribution in [-0.2, 0) is 9.05 Å². The zero-order chi connectivity index (χ0) is 10.3. The normalized spacial score (nSPS) is 12.1. The summed E-state index contributed by atoms with van der Waals surface area (Å²) in [4.78, 5) is 7.87. The highest BCUT2D eigenvalue weighted by atomic mass is 35.7. The van der Waals surface area contributed by atoms with Crippen LogP contribution in [0.5, 0.6) is 0 Å². The molecule has 2 aromatic rings. The number of aryl methyl sites for hydroxylation is 1. The third-order valence-corrected chi connectivity index (χ3v) is 3.15. The highest BCUT2D eigenvalue weighted by molar-refractivity contribution is 8.13. The predicted octanol–water partition coefficient (Wildman–Crippen LogP) is 0.965. The number of aromatic nitrogens is 3. The van der Waals surface area contributed by atoms with Crippen LogP contribution in [0.4, 0.5) is 0 Å². The van der Waals surface area contributed by atoms with Gasteiger partial charge in [-0.1, -0.05) is 0 Å². The average Bonchev–Trinajstić information content (AvgIpc) is 2.38. The second kappa shape index (κ2) is 2.93. The minimum Gasteiger partial charge on any atom is -0.273 e. The monoisotopic (exact) mass is 231 g/mol. The first-order valence-corrected chi connectivity index (χ1v) is 6.05. The van der Waals surface area contributed by atoms with E-state index in [1.807, 2.05) is 0 Å². The lowest BCUT2D eigenvalue weighted by Gasteiger charge is -1.96. The van der Waals surface area contributed by atoms with Gasteiger partial charge in [-0.05, 0) is 13.0 Å². The fourth-order valence-electron chi connectivity index (χ4n) is 1.27. The maximum Gasteiger partial charge on any atom is 0.279 e. The molecule has 0 radical (unpaired) electrons. The van der Waals surface area contributed by atoms with Gasteiger partial charge in [0.25, 0.3) is 9.05 Å². The van der Waals surface area contributed by atoms with E-state index in [1.165, 1.54) is 10.6 Å². The lowest BCUT2D eigenvalue weighted by molar-refractivity contribution is 0.604. The van der Waals surface area contributed by atoms with Crippen LogP contribution in [0.1, 0.15) is 5.69 Å². The third kappa shape index (κ3) is 1.36. The van der Waals surface area contributed by atoms with Crippen LogP contribution in [0.25, 0.3) is 5.78 Å². The number of nitrogens with zero attached hydrogens (tertiary/aromatic N) is 3. The Bertz CT molecular complexity index is 590. The Morgan fingerprint density at radius 2 is 2.21 bits per heavy atom. The van der Waals surface area contributed by atoms with Gasteiger partial charge in [0.1, 0.15) is 0 Å². The Balaban J connectivity index is 2.95. The molecule has 2 aromatic heterocycles. The molecule has 0 aliphatic carbocycles. The van der Waals surface area contributed by atoms with E-state index in [9.17, 15) is 8.42 Å². The molecule has 0 aliphatic rings. The van der Waals surface area contributed by atoms with E-state index in [0.717, 1.165) is 0 Å². The fraction of sp³-hybridized carbons (Fsp3) is 0.143. The topological polar surface area (TPSA) is 64.3 Å². The molecular formula is C7H6ClN3O2S. The van der Waals surface area contributed by atoms with Crippen molar-refractivity contribution >= 4 is 25.5 Å². The summed E-state index contributed by atoms with van der Waals surface area (Å²) in [7, 11) is 1.48. The van der Waals surface area contributed by atoms with Gasteiger partial charge >= 0.3 is 0 Å². The summed E-state index contributed by atoms with van der Waals surface area (Å²) in [6.07, 6.45) is 3.09. The van der Waals surface area contributed by atoms with Gasteiger partial charge in [0, 0.05) is 23.1 Å². The maximum absolute atomic E-state index is 11.2. The molecule has 0 aliphatic heterocycles. The molecule has 74 valence electrons. The summed E-state index contributed by atoms with van der Waals surface area (Å²) >= 11 is 0. The summed E-state index contributed by atoms with van der Waals surface area (Å²) in [5.41, 5.74) is 0.346. The van der Waals surface area contributed by atoms with E-state index >= 15 is 0 Å². The van der Waals surface area contributed by atoms with Gasteiger partial charge in [0.2, 0.25) is 5.78 Å². The first-order chi connectivity index (χ1) is 6.50. The Hall–Kier alpha value is -1.14. The van der Waals surface area contributed by atoms with E-state index in [2.05, 4.69) is 9.97 Å². The van der Waals surface area contributed by atoms with E-state index in [-0.39, 0.29) is 5.03 Å². The Morgan fingerprint density at radius 3 is 2.86 bits per heavy atom. The summed E-state index contributed by atoms with van der Waals surface area (Å²) in [5.74, 6) is 0.323. The summed E-state index contributed by atoms with van der Waals surface area (Å²) in [6.45, 7) is 1.57. The van der Waals surface area contributed by atoms with Crippen molar-refractivity contribution < 1.29 is 8.42 Å². The van der Waals surface area contributed by atoms with Gasteiger partial charge in [-0.2, -0.15) is 0 Å². The largest absolute Gasteiger partial charge is 0.279 e. The zero-order valence-electron chi connectivity index (χ0n) is 7.18. The van der Waals surface area contributed by atoms with Crippen LogP contribution in [-0.4, -0.2) is 22.8 Å². The first kappa shape index (κ1) is 9.42. The molecule has 0 spiro atoms. The number of halogens is 1. The summed E-state index contributed by atoms with van der Waals surface area (Å²) in [5, 5.41) is -0.0257. The number of hydrogen-bond acceptors (Lipinski definition) is 4. The molecule has 0 unspecified atom stereocenters. The van der Waals surface area contributed by atoms with Crippen LogP contribution >= 0.6 is 10.7 Å². The number of imidazole rings is 1. The molecule has 5 nitrogen and oxygen atoms in total. The van der Waals surface area contributed by atoms with Crippen LogP contribution in [0, 0.1) is 6.92 Å². The van der Waals surface area contributed by atoms with E-state index in [1.54, 1.807) is 19.2 Å². The van der Waals surface area contributed by atoms with Gasteiger partial charge in [-0.15, -0.1) is 0 Å². The van der Waals surface area contributed by atoms with Crippen molar-refractivity contribution in [1.29, 1.82) is 0 Å². The van der Waals surface area contributed by atoms with E-state index in [0.29, 0.717) is 11.5 Å². The Kier molecular flexibility index (Phi) is 1.97. The Labute approximate surface area is 84.8 Å². The molecule has 0 saturated heterocycles. The van der Waals surface area contributed by atoms with Gasteiger partial charge in [0.15, 0.2) is 5.03 Å². The van der Waals surface area contributed by atoms with Crippen LogP contribution in [0.2, 0.25) is 0 Å². The predicted molar refractivity (Wildman–Crippen MR) is 50.8 cm³/mol. The number of hydrogen-bond donors (Lipinski definition) is 0. The SMILES string of the molecule is Cc1nc2ncccn2c1S(=O)(=O)Cl. The molecule has 2 heterocycles. The summed E-state index contributed by atoms with van der Waals surface area (Å²) in [6, 6.07) is 1.61. The molecule has 7 heteroatoms. The maximum atomic E-state index is 11.2. The standard InChI is InChI=1S/C7H6ClN3O2S/c1-5-6(14(8,12)13)11-4-2-3-9-7(11)10-5/h2-4H,1H3. The van der Waals surface area contributed by atoms with Gasteiger partial charge in [-0.3, -0.25) is 4.40 Å². The molecule has 2 rings (SSSR count). The lowest BCUT2D eigenvalue weighted by Crippen LogP contribution is -1.98. The summed E-state index contributed by atoms with van der Waals surface area (Å²) < 4.78 is 23.8. The zero-order valence-corrected chi connectivity index (χ0v) is 8.75. The van der Waals surface area contributed by atoms with Crippen molar-refractivity contribution in [3.8, 4) is 0 Å². The molecule has 0 atom stereocenters. The van der Waals surface area contributed by atoms with E-state index < -0.39 is 9.05 Å². The first-order valence-electron chi connectivity index (χ1n) is 3.74. The van der Waals surface area contributed by atoms with Crippen molar-refractivity contribution in [2.45, 2.75) is 11.9 Å². The third-order valence-electron chi connectivity index (χ3n) is 1.75. The van der Waals surface area contributed by atoms with Crippen molar-refractivity contribution in [2.75, 3.05) is 0 Å². The lowest BCUT2D eigenvalue weighted by atomic mass is 10.6. The Morgan fingerprint density at radius 1 is 1.50 bits per heavy atom. The molecule has 0 amide bonds. The molecule has 0 fully saturated rings. The average molecular weight is 232 g/mol. The van der Waals surface area contributed by atoms with Crippen LogP contribution < -0.4 is 0 Å². The fourth-order valence-corrected chi connectivity index (χ4v) is 2.60. The van der Waals surface area contributed by atoms with Crippen LogP contribution in [0.15, 0.2) is 23.5 Å². The number of rotatable bonds is 1. The number of fused-ring (bicyclic) bond motifs is 1. The molecular weight excluding hydrogens is 226 g/mol. The molecule has 14 heavy (non-hydrogen) atoms. The van der Waals surface area contributed by atoms with Crippen molar-refractivity contribution in [3.05, 3.63) is 24.2 Å². The van der Waals surface area contributed by atoms with Gasteiger partial charge < -0.3 is 0 Å². The second-order valence-corrected chi connectivity index (χ2v) is 5.21. The van der Waals surface area contributed by atoms with Crippen molar-refractivity contribution in [1.82, 2.24) is 14.4 Å². The van der Waals surface area contributed by atoms with E-state index in [4.69, 9.17) is 10.7 Å². The molecule has 0 saturated carbocycles. The second-order valence-electron chi connectivity index (χ2n) is 2.73. The highest BCUT2D eigenvalue weighted by Crippen LogP contribution is 2.19. The van der Waals surface area contributed by atoms with Gasteiger partial charge in [-0.25, -0.2) is 18.4 Å². The smallest absolute Gasteiger partial charge is 0.273 e. The molecule has 0 N–H and O–H groups in total.